The minimum atomic E-state index is 0.666. The van der Waals surface area contributed by atoms with Crippen LogP contribution in [0, 0.1) is 0 Å². The second-order valence-corrected chi connectivity index (χ2v) is 4.75. The van der Waals surface area contributed by atoms with Crippen LogP contribution in [0.4, 0.5) is 5.82 Å². The van der Waals surface area contributed by atoms with Crippen molar-refractivity contribution in [2.45, 2.75) is 10.1 Å². The third kappa shape index (κ3) is 2.88. The van der Waals surface area contributed by atoms with Gasteiger partial charge in [-0.3, -0.25) is 0 Å². The lowest BCUT2D eigenvalue weighted by atomic mass is 10.3. The summed E-state index contributed by atoms with van der Waals surface area (Å²) in [4.78, 5) is 4.12. The number of aromatic nitrogens is 3. The van der Waals surface area contributed by atoms with Crippen molar-refractivity contribution in [2.75, 3.05) is 5.43 Å². The maximum Gasteiger partial charge on any atom is 0.174 e. The van der Waals surface area contributed by atoms with Crippen molar-refractivity contribution in [1.29, 1.82) is 0 Å². The Balaban J connectivity index is 1.93. The van der Waals surface area contributed by atoms with Gasteiger partial charge >= 0.3 is 0 Å². The smallest absolute Gasteiger partial charge is 0.174 e. The van der Waals surface area contributed by atoms with Gasteiger partial charge in [0.2, 0.25) is 0 Å². The summed E-state index contributed by atoms with van der Waals surface area (Å²) in [5.41, 5.74) is 5.34. The zero-order valence-corrected chi connectivity index (χ0v) is 9.38. The molecule has 5 nitrogen and oxygen atoms in total. The Morgan fingerprint density at radius 3 is 3.00 bits per heavy atom. The summed E-state index contributed by atoms with van der Waals surface area (Å²) in [6, 6.07) is 3.83. The van der Waals surface area contributed by atoms with Crippen LogP contribution in [0.15, 0.2) is 28.2 Å². The predicted molar refractivity (Wildman–Crippen MR) is 61.5 cm³/mol. The Labute approximate surface area is 95.1 Å². The summed E-state index contributed by atoms with van der Waals surface area (Å²) in [6.07, 6.45) is 1.79. The fourth-order valence-electron chi connectivity index (χ4n) is 0.966. The number of nitrogens with one attached hydrogen (secondary N) is 1. The number of nitrogens with zero attached hydrogens (tertiary/aromatic N) is 3. The van der Waals surface area contributed by atoms with Crippen molar-refractivity contribution in [1.82, 2.24) is 15.2 Å². The largest absolute Gasteiger partial charge is 0.308 e. The molecule has 0 aliphatic rings. The lowest BCUT2D eigenvalue weighted by Gasteiger charge is -2.00. The van der Waals surface area contributed by atoms with E-state index >= 15 is 0 Å². The molecular weight excluding hydrogens is 230 g/mol. The molecule has 2 aromatic rings. The number of nitrogen functional groups attached to an aromatic ring is 1. The molecule has 0 amide bonds. The van der Waals surface area contributed by atoms with Crippen molar-refractivity contribution in [3.8, 4) is 0 Å². The molecule has 78 valence electrons. The molecule has 2 heterocycles. The average Bonchev–Trinajstić information content (AvgIpc) is 2.80. The normalized spacial score (nSPS) is 10.2. The van der Waals surface area contributed by atoms with E-state index in [1.807, 2.05) is 12.1 Å². The van der Waals surface area contributed by atoms with Crippen molar-refractivity contribution in [3.63, 3.8) is 0 Å². The van der Waals surface area contributed by atoms with Gasteiger partial charge in [0.05, 0.1) is 0 Å². The highest BCUT2D eigenvalue weighted by molar-refractivity contribution is 8.00. The van der Waals surface area contributed by atoms with E-state index in [1.165, 1.54) is 11.3 Å². The molecule has 0 atom stereocenters. The summed E-state index contributed by atoms with van der Waals surface area (Å²) < 4.78 is 0.969. The molecule has 15 heavy (non-hydrogen) atoms. The van der Waals surface area contributed by atoms with E-state index in [9.17, 15) is 0 Å². The quantitative estimate of drug-likeness (QED) is 0.478. The van der Waals surface area contributed by atoms with Gasteiger partial charge in [-0.05, 0) is 11.6 Å². The Bertz CT molecular complexity index is 399. The minimum absolute atomic E-state index is 0.666. The maximum absolute atomic E-state index is 5.22. The third-order valence-corrected chi connectivity index (χ3v) is 3.61. The fraction of sp³-hybridized carbons (Fsp3) is 0.125. The molecule has 0 spiro atoms. The first-order chi connectivity index (χ1) is 7.38. The molecule has 7 heteroatoms. The first kappa shape index (κ1) is 10.3. The van der Waals surface area contributed by atoms with Gasteiger partial charge in [-0.1, -0.05) is 29.2 Å². The SMILES string of the molecule is NNc1ccc(CSc2nncs2)cn1. The van der Waals surface area contributed by atoms with Crippen molar-refractivity contribution < 1.29 is 0 Å². The highest BCUT2D eigenvalue weighted by Gasteiger charge is 1.99. The monoisotopic (exact) mass is 239 g/mol. The highest BCUT2D eigenvalue weighted by atomic mass is 32.2. The molecule has 0 fully saturated rings. The summed E-state index contributed by atoms with van der Waals surface area (Å²) in [5.74, 6) is 6.72. The molecule has 0 aromatic carbocycles. The van der Waals surface area contributed by atoms with Crippen LogP contribution < -0.4 is 11.3 Å². The Morgan fingerprint density at radius 2 is 2.40 bits per heavy atom. The molecule has 3 N–H and O–H groups in total. The Kier molecular flexibility index (Phi) is 3.49. The molecule has 0 aliphatic heterocycles. The van der Waals surface area contributed by atoms with E-state index in [-0.39, 0.29) is 0 Å². The van der Waals surface area contributed by atoms with Crippen LogP contribution in [0.25, 0.3) is 0 Å². The van der Waals surface area contributed by atoms with Gasteiger partial charge in [0, 0.05) is 11.9 Å². The summed E-state index contributed by atoms with van der Waals surface area (Å²) >= 11 is 3.18. The molecule has 2 rings (SSSR count). The van der Waals surface area contributed by atoms with Crippen molar-refractivity contribution >= 4 is 28.9 Å². The maximum atomic E-state index is 5.22. The zero-order chi connectivity index (χ0) is 10.5. The predicted octanol–water partition coefficient (Wildman–Crippen LogP) is 1.51. The van der Waals surface area contributed by atoms with Crippen LogP contribution in [-0.4, -0.2) is 15.2 Å². The molecule has 0 saturated carbocycles. The number of anilines is 1. The van der Waals surface area contributed by atoms with Gasteiger partial charge in [0.15, 0.2) is 4.34 Å². The summed E-state index contributed by atoms with van der Waals surface area (Å²) in [7, 11) is 0. The number of hydrazine groups is 1. The van der Waals surface area contributed by atoms with Gasteiger partial charge in [-0.25, -0.2) is 10.8 Å². The van der Waals surface area contributed by atoms with Crippen LogP contribution in [0.1, 0.15) is 5.56 Å². The topological polar surface area (TPSA) is 76.7 Å². The standard InChI is InChI=1S/C8H9N5S2/c9-12-7-2-1-6(3-10-7)4-14-8-13-11-5-15-8/h1-3,5H,4,9H2,(H,10,12). The van der Waals surface area contributed by atoms with Gasteiger partial charge in [-0.15, -0.1) is 10.2 Å². The average molecular weight is 239 g/mol. The summed E-state index contributed by atoms with van der Waals surface area (Å²) in [6.45, 7) is 0. The molecular formula is C8H9N5S2. The molecule has 0 radical (unpaired) electrons. The Morgan fingerprint density at radius 1 is 1.47 bits per heavy atom. The lowest BCUT2D eigenvalue weighted by molar-refractivity contribution is 1.01. The molecule has 0 saturated heterocycles. The van der Waals surface area contributed by atoms with Crippen LogP contribution in [-0.2, 0) is 5.75 Å². The van der Waals surface area contributed by atoms with Crippen LogP contribution in [0.2, 0.25) is 0 Å². The van der Waals surface area contributed by atoms with Crippen molar-refractivity contribution in [3.05, 3.63) is 29.4 Å². The highest BCUT2D eigenvalue weighted by Crippen LogP contribution is 2.23. The van der Waals surface area contributed by atoms with Crippen LogP contribution in [0.3, 0.4) is 0 Å². The van der Waals surface area contributed by atoms with Gasteiger partial charge in [-0.2, -0.15) is 0 Å². The molecule has 0 unspecified atom stereocenters. The number of nitrogens with two attached hydrogens (primary N) is 1. The van der Waals surface area contributed by atoms with Crippen LogP contribution >= 0.6 is 23.1 Å². The van der Waals surface area contributed by atoms with E-state index in [4.69, 9.17) is 5.84 Å². The number of pyridine rings is 1. The van der Waals surface area contributed by atoms with Gasteiger partial charge in [0.1, 0.15) is 11.3 Å². The van der Waals surface area contributed by atoms with Crippen LogP contribution in [0.5, 0.6) is 0 Å². The second-order valence-electron chi connectivity index (χ2n) is 2.69. The first-order valence-electron chi connectivity index (χ1n) is 4.19. The second kappa shape index (κ2) is 5.06. The van der Waals surface area contributed by atoms with E-state index in [0.717, 1.165) is 15.7 Å². The van der Waals surface area contributed by atoms with Crippen molar-refractivity contribution in [2.24, 2.45) is 5.84 Å². The van der Waals surface area contributed by atoms with E-state index in [0.29, 0.717) is 5.82 Å². The number of rotatable bonds is 4. The molecule has 2 aromatic heterocycles. The molecule has 0 aliphatic carbocycles. The third-order valence-electron chi connectivity index (χ3n) is 1.67. The first-order valence-corrected chi connectivity index (χ1v) is 6.05. The Hall–Kier alpha value is -1.18. The minimum Gasteiger partial charge on any atom is -0.308 e. The van der Waals surface area contributed by atoms with E-state index in [1.54, 1.807) is 23.5 Å². The number of hydrogen-bond acceptors (Lipinski definition) is 7. The summed E-state index contributed by atoms with van der Waals surface area (Å²) in [5, 5.41) is 7.71. The fourth-order valence-corrected chi connectivity index (χ4v) is 2.39. The van der Waals surface area contributed by atoms with Gasteiger partial charge < -0.3 is 5.43 Å². The lowest BCUT2D eigenvalue weighted by Crippen LogP contribution is -2.08. The number of hydrogen-bond donors (Lipinski definition) is 2. The van der Waals surface area contributed by atoms with Gasteiger partial charge in [0.25, 0.3) is 0 Å². The van der Waals surface area contributed by atoms with E-state index < -0.39 is 0 Å². The number of thioether (sulfide) groups is 1. The molecule has 0 bridgehead atoms. The zero-order valence-electron chi connectivity index (χ0n) is 7.75. The van der Waals surface area contributed by atoms with E-state index in [2.05, 4.69) is 20.6 Å².